The summed E-state index contributed by atoms with van der Waals surface area (Å²) in [6, 6.07) is 58.7. The van der Waals surface area contributed by atoms with E-state index >= 15 is 0 Å². The van der Waals surface area contributed by atoms with Crippen LogP contribution in [0.2, 0.25) is 0 Å². The Balaban J connectivity index is 0.000000198. The second-order valence-corrected chi connectivity index (χ2v) is 17.0. The van der Waals surface area contributed by atoms with Crippen LogP contribution in [-0.2, 0) is 48.3 Å². The quantitative estimate of drug-likeness (QED) is 0.0752. The summed E-state index contributed by atoms with van der Waals surface area (Å²) in [4.78, 5) is 18.7. The van der Waals surface area contributed by atoms with E-state index in [0.29, 0.717) is 0 Å². The van der Waals surface area contributed by atoms with Gasteiger partial charge in [0.2, 0.25) is 0 Å². The predicted octanol–water partition coefficient (Wildman–Crippen LogP) is 17.3. The summed E-state index contributed by atoms with van der Waals surface area (Å²) in [6.07, 6.45) is 15.2. The Morgan fingerprint density at radius 3 is 0.610 bits per heavy atom. The molecule has 7 nitrogen and oxygen atoms in total. The van der Waals surface area contributed by atoms with E-state index in [1.807, 2.05) is 49.1 Å². The largest absolute Gasteiger partial charge is 1.00 e. The molecule has 4 aromatic heterocycles. The van der Waals surface area contributed by atoms with Crippen LogP contribution in [0.5, 0.6) is 0 Å². The standard InChI is InChI=1S/2C24H16N2.3C4H8O.2CF3.2Cu/c2*1-3-7-17(8-4-1)19-13-15-25-23-21(19)11-12-22-20(14-16-26-24(22)23)18-9-5-2-6-10-18;3*1-2-4-5-3-1;2*2-1(3)4;;/h2*1-16H;3*1-4H2;;;;/q;;;;;2*-1;2*+1. The van der Waals surface area contributed by atoms with E-state index < -0.39 is 13.4 Å². The molecule has 15 heteroatoms. The number of nitrogens with zero attached hydrogens (tertiary/aromatic N) is 4. The Morgan fingerprint density at radius 1 is 0.273 bits per heavy atom. The van der Waals surface area contributed by atoms with Gasteiger partial charge in [-0.05, 0) is 107 Å². The fourth-order valence-electron chi connectivity index (χ4n) is 8.66. The van der Waals surface area contributed by atoms with Gasteiger partial charge in [0.25, 0.3) is 0 Å². The van der Waals surface area contributed by atoms with Crippen LogP contribution in [0.3, 0.4) is 0 Å². The third kappa shape index (κ3) is 18.6. The molecular weight excluding hydrogens is 1090 g/mol. The van der Waals surface area contributed by atoms with Gasteiger partial charge in [-0.1, -0.05) is 146 Å². The number of ether oxygens (including phenoxy) is 3. The monoisotopic (exact) mass is 1140 g/mol. The number of hydrogen-bond acceptors (Lipinski definition) is 7. The van der Waals surface area contributed by atoms with Gasteiger partial charge in [0.1, 0.15) is 0 Å². The Hall–Kier alpha value is -6.54. The third-order valence-electron chi connectivity index (χ3n) is 12.1. The van der Waals surface area contributed by atoms with Crippen molar-refractivity contribution in [1.82, 2.24) is 19.9 Å². The van der Waals surface area contributed by atoms with Crippen molar-refractivity contribution >= 4 is 43.6 Å². The number of halogens is 6. The van der Waals surface area contributed by atoms with Crippen LogP contribution in [0.4, 0.5) is 26.3 Å². The Morgan fingerprint density at radius 2 is 0.455 bits per heavy atom. The number of hydrogen-bond donors (Lipinski definition) is 0. The summed E-state index contributed by atoms with van der Waals surface area (Å²) in [7, 11) is 0. The van der Waals surface area contributed by atoms with E-state index in [9.17, 15) is 26.3 Å². The fraction of sp³-hybridized carbons (Fsp3) is 0.194. The van der Waals surface area contributed by atoms with Gasteiger partial charge in [0, 0.05) is 86.0 Å². The van der Waals surface area contributed by atoms with Crippen molar-refractivity contribution in [2.24, 2.45) is 0 Å². The minimum Gasteiger partial charge on any atom is -0.385 e. The molecule has 0 atom stereocenters. The van der Waals surface area contributed by atoms with Gasteiger partial charge >= 0.3 is 34.1 Å². The molecule has 0 N–H and O–H groups in total. The Kier molecular flexibility index (Phi) is 26.7. The average Bonchev–Trinajstić information content (AvgIpc) is 4.36. The van der Waals surface area contributed by atoms with Crippen molar-refractivity contribution in [1.29, 1.82) is 0 Å². The first kappa shape index (κ1) is 61.3. The van der Waals surface area contributed by atoms with Crippen LogP contribution in [0, 0.1) is 13.4 Å². The molecule has 7 heterocycles. The third-order valence-corrected chi connectivity index (χ3v) is 12.1. The van der Waals surface area contributed by atoms with Crippen molar-refractivity contribution in [2.45, 2.75) is 38.5 Å². The molecular formula is C62H56Cu2F6N4O3. The van der Waals surface area contributed by atoms with E-state index in [0.717, 1.165) is 83.3 Å². The Bertz CT molecular complexity index is 2800. The van der Waals surface area contributed by atoms with Crippen LogP contribution in [0.15, 0.2) is 195 Å². The van der Waals surface area contributed by atoms with Crippen LogP contribution in [0.1, 0.15) is 38.5 Å². The first-order valence-electron chi connectivity index (χ1n) is 24.7. The SMILES string of the molecule is C1CCOC1.C1CCOC1.C1CCOC1.F[C-](F)F.F[C-](F)F.[Cu+].[Cu+].c1ccc(-c2ccnc3c2ccc2c(-c4ccccc4)ccnc23)cc1.c1ccc(-c2ccnc3c2ccc2c(-c4ccccc4)ccnc23)cc1. The smallest absolute Gasteiger partial charge is 0.385 e. The van der Waals surface area contributed by atoms with E-state index in [1.165, 1.54) is 83.0 Å². The molecule has 0 radical (unpaired) electrons. The molecule has 0 saturated carbocycles. The second kappa shape index (κ2) is 33.6. The number of fused-ring (bicyclic) bond motifs is 6. The summed E-state index contributed by atoms with van der Waals surface area (Å²) in [5.41, 5.74) is 13.3. The summed E-state index contributed by atoms with van der Waals surface area (Å²) >= 11 is 0. The zero-order valence-electron chi connectivity index (χ0n) is 41.8. The van der Waals surface area contributed by atoms with E-state index in [2.05, 4.69) is 166 Å². The first-order chi connectivity index (χ1) is 36.8. The minimum atomic E-state index is -3.08. The molecule has 3 aliphatic rings. The van der Waals surface area contributed by atoms with Gasteiger partial charge in [-0.25, -0.2) is 0 Å². The van der Waals surface area contributed by atoms with Gasteiger partial charge in [0.05, 0.1) is 22.1 Å². The molecule has 3 saturated heterocycles. The van der Waals surface area contributed by atoms with Gasteiger partial charge < -0.3 is 40.6 Å². The number of aromatic nitrogens is 4. The molecule has 0 unspecified atom stereocenters. The number of rotatable bonds is 4. The summed E-state index contributed by atoms with van der Waals surface area (Å²) in [5, 5.41) is 4.51. The van der Waals surface area contributed by atoms with Crippen molar-refractivity contribution in [3.8, 4) is 44.5 Å². The molecule has 13 rings (SSSR count). The molecule has 0 spiro atoms. The maximum Gasteiger partial charge on any atom is 1.00 e. The number of pyridine rings is 4. The summed E-state index contributed by atoms with van der Waals surface area (Å²) < 4.78 is 72.3. The zero-order chi connectivity index (χ0) is 52.5. The van der Waals surface area contributed by atoms with E-state index in [4.69, 9.17) is 14.2 Å². The molecule has 77 heavy (non-hydrogen) atoms. The topological polar surface area (TPSA) is 79.2 Å². The van der Waals surface area contributed by atoms with Gasteiger partial charge in [-0.15, -0.1) is 0 Å². The maximum atomic E-state index is 9.58. The molecule has 3 fully saturated rings. The molecule has 0 amide bonds. The molecule has 0 bridgehead atoms. The van der Waals surface area contributed by atoms with Crippen molar-refractivity contribution in [3.63, 3.8) is 0 Å². The van der Waals surface area contributed by atoms with Gasteiger partial charge in [-0.3, -0.25) is 19.9 Å². The molecule has 6 aromatic carbocycles. The zero-order valence-corrected chi connectivity index (χ0v) is 43.7. The van der Waals surface area contributed by atoms with Gasteiger partial charge in [0.15, 0.2) is 13.4 Å². The van der Waals surface area contributed by atoms with Crippen molar-refractivity contribution < 1.29 is 74.7 Å². The molecule has 10 aromatic rings. The van der Waals surface area contributed by atoms with Crippen LogP contribution in [0.25, 0.3) is 88.1 Å². The van der Waals surface area contributed by atoms with E-state index in [1.54, 1.807) is 0 Å². The molecule has 3 aliphatic heterocycles. The fourth-order valence-corrected chi connectivity index (χ4v) is 8.66. The van der Waals surface area contributed by atoms with Crippen LogP contribution >= 0.6 is 0 Å². The van der Waals surface area contributed by atoms with Crippen molar-refractivity contribution in [2.75, 3.05) is 39.6 Å². The predicted molar refractivity (Wildman–Crippen MR) is 289 cm³/mol. The van der Waals surface area contributed by atoms with Crippen molar-refractivity contribution in [3.05, 3.63) is 208 Å². The average molecular weight is 1150 g/mol. The summed E-state index contributed by atoms with van der Waals surface area (Å²) in [6.45, 7) is -0.167. The van der Waals surface area contributed by atoms with Crippen LogP contribution in [-0.4, -0.2) is 59.6 Å². The minimum absolute atomic E-state index is 0. The second-order valence-electron chi connectivity index (χ2n) is 17.0. The van der Waals surface area contributed by atoms with E-state index in [-0.39, 0.29) is 34.1 Å². The Labute approximate surface area is 466 Å². The van der Waals surface area contributed by atoms with Crippen LogP contribution < -0.4 is 0 Å². The normalized spacial score (nSPS) is 13.1. The number of benzene rings is 6. The molecule has 0 aliphatic carbocycles. The maximum absolute atomic E-state index is 9.58. The first-order valence-corrected chi connectivity index (χ1v) is 24.7. The van der Waals surface area contributed by atoms with Gasteiger partial charge in [-0.2, -0.15) is 0 Å². The molecule has 406 valence electrons. The summed E-state index contributed by atoms with van der Waals surface area (Å²) in [5.74, 6) is 0.